The van der Waals surface area contributed by atoms with Crippen LogP contribution in [-0.2, 0) is 18.5 Å². The molecule has 2 aromatic heterocycles. The number of rotatable bonds is 5. The minimum atomic E-state index is -0.242. The first-order valence-electron chi connectivity index (χ1n) is 9.96. The summed E-state index contributed by atoms with van der Waals surface area (Å²) in [7, 11) is 0. The summed E-state index contributed by atoms with van der Waals surface area (Å²) >= 11 is 0. The number of hydrogen-bond acceptors (Lipinski definition) is 4. The summed E-state index contributed by atoms with van der Waals surface area (Å²) in [5, 5.41) is 0. The molecular weight excluding hydrogens is 330 g/mol. The molecular formula is C19H29N5O2. The van der Waals surface area contributed by atoms with E-state index >= 15 is 0 Å². The van der Waals surface area contributed by atoms with Gasteiger partial charge in [-0.25, -0.2) is 9.78 Å². The van der Waals surface area contributed by atoms with Crippen LogP contribution in [0.4, 0.5) is 0 Å². The Bertz CT molecular complexity index is 927. The topological polar surface area (TPSA) is 98.7 Å². The van der Waals surface area contributed by atoms with Crippen LogP contribution in [0.5, 0.6) is 0 Å². The van der Waals surface area contributed by atoms with Crippen molar-refractivity contribution >= 4 is 11.2 Å². The van der Waals surface area contributed by atoms with Gasteiger partial charge in [-0.3, -0.25) is 13.9 Å². The summed E-state index contributed by atoms with van der Waals surface area (Å²) in [5.74, 6) is 0.879. The Morgan fingerprint density at radius 3 is 2.15 bits per heavy atom. The number of nitrogens with two attached hydrogens (primary N) is 1. The first-order chi connectivity index (χ1) is 12.4. The normalized spacial score (nSPS) is 28.1. The number of hydrogen-bond donors (Lipinski definition) is 2. The quantitative estimate of drug-likeness (QED) is 0.853. The van der Waals surface area contributed by atoms with Gasteiger partial charge in [0.05, 0.1) is 0 Å². The Morgan fingerprint density at radius 2 is 1.58 bits per heavy atom. The van der Waals surface area contributed by atoms with Gasteiger partial charge in [-0.15, -0.1) is 0 Å². The smallest absolute Gasteiger partial charge is 0.332 e. The second kappa shape index (κ2) is 6.08. The zero-order chi connectivity index (χ0) is 18.5. The van der Waals surface area contributed by atoms with E-state index in [0.29, 0.717) is 24.3 Å². The minimum Gasteiger partial charge on any atom is -0.336 e. The number of nitrogens with zero attached hydrogens (tertiary/aromatic N) is 3. The molecule has 0 atom stereocenters. The average Bonchev–Trinajstić information content (AvgIpc) is 3.09. The molecule has 0 radical (unpaired) electrons. The largest absolute Gasteiger partial charge is 0.336 e. The molecule has 2 aromatic rings. The van der Waals surface area contributed by atoms with Crippen molar-refractivity contribution in [1.82, 2.24) is 19.1 Å². The molecule has 7 heteroatoms. The molecule has 0 unspecified atom stereocenters. The van der Waals surface area contributed by atoms with E-state index in [2.05, 4.69) is 4.98 Å². The van der Waals surface area contributed by atoms with Gasteiger partial charge < -0.3 is 10.7 Å². The van der Waals surface area contributed by atoms with Crippen molar-refractivity contribution in [2.75, 3.05) is 0 Å². The Hall–Kier alpha value is -1.89. The minimum absolute atomic E-state index is 0.00802. The molecule has 26 heavy (non-hydrogen) atoms. The van der Waals surface area contributed by atoms with Gasteiger partial charge in [-0.1, -0.05) is 13.8 Å². The van der Waals surface area contributed by atoms with E-state index in [1.165, 1.54) is 4.57 Å². The Balaban J connectivity index is 1.89. The molecule has 142 valence electrons. The van der Waals surface area contributed by atoms with E-state index in [9.17, 15) is 9.59 Å². The van der Waals surface area contributed by atoms with Gasteiger partial charge in [0.15, 0.2) is 5.65 Å². The molecule has 3 fully saturated rings. The molecule has 7 nitrogen and oxygen atoms in total. The lowest BCUT2D eigenvalue weighted by Crippen LogP contribution is -2.53. The Labute approximate surface area is 152 Å². The lowest BCUT2D eigenvalue weighted by molar-refractivity contribution is 0.102. The van der Waals surface area contributed by atoms with Crippen LogP contribution < -0.4 is 17.0 Å². The van der Waals surface area contributed by atoms with Crippen molar-refractivity contribution in [3.8, 4) is 0 Å². The van der Waals surface area contributed by atoms with Gasteiger partial charge in [0.1, 0.15) is 11.3 Å². The highest BCUT2D eigenvalue weighted by atomic mass is 16.2. The van der Waals surface area contributed by atoms with Crippen molar-refractivity contribution in [2.45, 2.75) is 89.3 Å². The summed E-state index contributed by atoms with van der Waals surface area (Å²) in [4.78, 5) is 33.9. The van der Waals surface area contributed by atoms with Gasteiger partial charge in [-0.05, 0) is 51.4 Å². The fourth-order valence-corrected chi connectivity index (χ4v) is 4.83. The standard InChI is InChI=1S/C19H29N5O2/c1-3-11-23-14-13(15(25)24(12-4-2)17(23)26)21-16(22-14)18-5-8-19(20,9-6-18)10-7-18/h3-12,20H2,1-2H3,(H,21,22). The number of fused-ring (bicyclic) bond motifs is 4. The van der Waals surface area contributed by atoms with Gasteiger partial charge in [0.25, 0.3) is 5.56 Å². The fourth-order valence-electron chi connectivity index (χ4n) is 4.83. The molecule has 0 spiro atoms. The third-order valence-corrected chi connectivity index (χ3v) is 6.56. The van der Waals surface area contributed by atoms with Crippen LogP contribution in [-0.4, -0.2) is 24.6 Å². The van der Waals surface area contributed by atoms with Crippen LogP contribution in [0.15, 0.2) is 9.59 Å². The first kappa shape index (κ1) is 17.5. The number of H-pyrrole nitrogens is 1. The molecule has 0 aromatic carbocycles. The van der Waals surface area contributed by atoms with Crippen molar-refractivity contribution in [3.63, 3.8) is 0 Å². The SMILES string of the molecule is CCCn1c(=O)c2[nH]c(C34CCC(N)(CC3)CC4)nc2n(CCC)c1=O. The fraction of sp³-hybridized carbons (Fsp3) is 0.737. The predicted octanol–water partition coefficient (Wildman–Crippen LogP) is 2.01. The van der Waals surface area contributed by atoms with E-state index in [4.69, 9.17) is 10.7 Å². The molecule has 2 bridgehead atoms. The Kier molecular flexibility index (Phi) is 4.10. The highest BCUT2D eigenvalue weighted by Crippen LogP contribution is 2.51. The third-order valence-electron chi connectivity index (χ3n) is 6.56. The van der Waals surface area contributed by atoms with Gasteiger partial charge >= 0.3 is 5.69 Å². The summed E-state index contributed by atoms with van der Waals surface area (Å²) in [6, 6.07) is 0. The first-order valence-corrected chi connectivity index (χ1v) is 9.96. The highest BCUT2D eigenvalue weighted by molar-refractivity contribution is 5.70. The van der Waals surface area contributed by atoms with Crippen LogP contribution in [0.1, 0.15) is 71.0 Å². The maximum Gasteiger partial charge on any atom is 0.332 e. The summed E-state index contributed by atoms with van der Waals surface area (Å²) in [6.45, 7) is 5.01. The van der Waals surface area contributed by atoms with Crippen LogP contribution in [0.3, 0.4) is 0 Å². The van der Waals surface area contributed by atoms with Gasteiger partial charge in [0, 0.05) is 24.0 Å². The Morgan fingerprint density at radius 1 is 1.00 bits per heavy atom. The van der Waals surface area contributed by atoms with Crippen LogP contribution in [0.25, 0.3) is 11.2 Å². The van der Waals surface area contributed by atoms with E-state index in [-0.39, 0.29) is 22.2 Å². The maximum absolute atomic E-state index is 12.9. The highest BCUT2D eigenvalue weighted by Gasteiger charge is 2.49. The molecule has 3 aliphatic carbocycles. The maximum atomic E-state index is 12.9. The number of aryl methyl sites for hydroxylation is 1. The number of aromatic nitrogens is 4. The zero-order valence-electron chi connectivity index (χ0n) is 15.8. The van der Waals surface area contributed by atoms with Gasteiger partial charge in [-0.2, -0.15) is 0 Å². The number of nitrogens with one attached hydrogen (secondary N) is 1. The van der Waals surface area contributed by atoms with E-state index in [1.54, 1.807) is 4.57 Å². The molecule has 3 N–H and O–H groups in total. The molecule has 3 saturated carbocycles. The van der Waals surface area contributed by atoms with E-state index in [0.717, 1.165) is 57.2 Å². The molecule has 5 rings (SSSR count). The summed E-state index contributed by atoms with van der Waals surface area (Å²) in [6.07, 6.45) is 7.60. The third kappa shape index (κ3) is 2.47. The van der Waals surface area contributed by atoms with Crippen LogP contribution in [0, 0.1) is 0 Å². The predicted molar refractivity (Wildman–Crippen MR) is 101 cm³/mol. The second-order valence-electron chi connectivity index (χ2n) is 8.32. The second-order valence-corrected chi connectivity index (χ2v) is 8.32. The molecule has 2 heterocycles. The van der Waals surface area contributed by atoms with E-state index in [1.807, 2.05) is 13.8 Å². The lowest BCUT2D eigenvalue weighted by atomic mass is 9.57. The van der Waals surface area contributed by atoms with Crippen LogP contribution in [0.2, 0.25) is 0 Å². The molecule has 3 aliphatic rings. The molecule has 0 saturated heterocycles. The van der Waals surface area contributed by atoms with Crippen molar-refractivity contribution in [3.05, 3.63) is 26.7 Å². The number of aromatic amines is 1. The summed E-state index contributed by atoms with van der Waals surface area (Å²) < 4.78 is 3.02. The van der Waals surface area contributed by atoms with Crippen LogP contribution >= 0.6 is 0 Å². The molecule has 0 amide bonds. The zero-order valence-corrected chi connectivity index (χ0v) is 15.8. The van der Waals surface area contributed by atoms with E-state index < -0.39 is 0 Å². The lowest BCUT2D eigenvalue weighted by Gasteiger charge is -2.50. The monoisotopic (exact) mass is 359 g/mol. The average molecular weight is 359 g/mol. The van der Waals surface area contributed by atoms with Crippen molar-refractivity contribution in [2.24, 2.45) is 5.73 Å². The van der Waals surface area contributed by atoms with Crippen molar-refractivity contribution < 1.29 is 0 Å². The van der Waals surface area contributed by atoms with Gasteiger partial charge in [0.2, 0.25) is 0 Å². The van der Waals surface area contributed by atoms with Crippen molar-refractivity contribution in [1.29, 1.82) is 0 Å². The number of imidazole rings is 1. The molecule has 0 aliphatic heterocycles. The summed E-state index contributed by atoms with van der Waals surface area (Å²) in [5.41, 5.74) is 6.93.